The molecule has 88 valence electrons. The number of aromatic nitrogens is 1. The number of nitrogens with zero attached hydrogens (tertiary/aromatic N) is 2. The Hall–Kier alpha value is -0.900. The first kappa shape index (κ1) is 11.6. The normalized spacial score (nSPS) is 16.2. The Balaban J connectivity index is 2.35. The molecule has 1 aromatic rings. The van der Waals surface area contributed by atoms with Crippen molar-refractivity contribution in [3.05, 3.63) is 10.6 Å². The maximum Gasteiger partial charge on any atom is 0.186 e. The Morgan fingerprint density at radius 1 is 1.44 bits per heavy atom. The summed E-state index contributed by atoms with van der Waals surface area (Å²) in [6, 6.07) is 0.637. The van der Waals surface area contributed by atoms with Crippen LogP contribution in [0.3, 0.4) is 0 Å². The molecular weight excluding hydrogens is 220 g/mol. The zero-order chi connectivity index (χ0) is 11.9. The highest BCUT2D eigenvalue weighted by molar-refractivity contribution is 7.17. The van der Waals surface area contributed by atoms with Gasteiger partial charge in [0.25, 0.3) is 0 Å². The van der Waals surface area contributed by atoms with Crippen LogP contribution in [0, 0.1) is 0 Å². The van der Waals surface area contributed by atoms with Crippen molar-refractivity contribution in [1.29, 1.82) is 0 Å². The van der Waals surface area contributed by atoms with Gasteiger partial charge in [0.05, 0.1) is 10.6 Å². The van der Waals surface area contributed by atoms with Crippen molar-refractivity contribution in [2.45, 2.75) is 45.1 Å². The first-order valence-corrected chi connectivity index (χ1v) is 6.44. The van der Waals surface area contributed by atoms with Crippen LogP contribution in [0.4, 0.5) is 5.13 Å². The molecule has 1 fully saturated rings. The van der Waals surface area contributed by atoms with Crippen molar-refractivity contribution in [1.82, 2.24) is 4.98 Å². The number of carbonyl (C=O) groups excluding carboxylic acids is 1. The first-order chi connectivity index (χ1) is 7.43. The molecule has 0 N–H and O–H groups in total. The number of thiazole rings is 1. The molecule has 1 heterocycles. The van der Waals surface area contributed by atoms with Crippen molar-refractivity contribution in [2.24, 2.45) is 0 Å². The molecule has 1 aromatic heterocycles. The van der Waals surface area contributed by atoms with Crippen molar-refractivity contribution in [3.63, 3.8) is 0 Å². The summed E-state index contributed by atoms with van der Waals surface area (Å²) < 4.78 is 0. The minimum absolute atomic E-state index is 0.0601. The van der Waals surface area contributed by atoms with Gasteiger partial charge >= 0.3 is 0 Å². The molecule has 0 aliphatic heterocycles. The highest BCUT2D eigenvalue weighted by Crippen LogP contribution is 2.36. The van der Waals surface area contributed by atoms with Gasteiger partial charge in [-0.1, -0.05) is 32.1 Å². The van der Waals surface area contributed by atoms with Gasteiger partial charge in [0.15, 0.2) is 11.4 Å². The summed E-state index contributed by atoms with van der Waals surface area (Å²) in [5, 5.41) is 0.981. The number of carbonyl (C=O) groups is 1. The highest BCUT2D eigenvalue weighted by Gasteiger charge is 2.30. The monoisotopic (exact) mass is 238 g/mol. The van der Waals surface area contributed by atoms with E-state index >= 15 is 0 Å². The van der Waals surface area contributed by atoms with E-state index in [9.17, 15) is 4.79 Å². The lowest BCUT2D eigenvalue weighted by Gasteiger charge is -2.17. The van der Waals surface area contributed by atoms with E-state index in [4.69, 9.17) is 0 Å². The summed E-state index contributed by atoms with van der Waals surface area (Å²) in [5.74, 6) is 0. The number of anilines is 1. The van der Waals surface area contributed by atoms with Gasteiger partial charge in [0.1, 0.15) is 0 Å². The lowest BCUT2D eigenvalue weighted by atomic mass is 9.91. The van der Waals surface area contributed by atoms with Gasteiger partial charge in [0.2, 0.25) is 0 Å². The molecule has 0 aromatic carbocycles. The third-order valence-electron chi connectivity index (χ3n) is 2.86. The van der Waals surface area contributed by atoms with Crippen LogP contribution in [0.1, 0.15) is 49.0 Å². The molecular formula is C12H18N2OS. The van der Waals surface area contributed by atoms with Crippen LogP contribution in [0.2, 0.25) is 0 Å². The van der Waals surface area contributed by atoms with Crippen molar-refractivity contribution in [3.8, 4) is 0 Å². The molecule has 0 saturated heterocycles. The fraction of sp³-hybridized carbons (Fsp3) is 0.667. The zero-order valence-corrected chi connectivity index (χ0v) is 11.1. The number of rotatable bonds is 3. The van der Waals surface area contributed by atoms with Gasteiger partial charge in [-0.15, -0.1) is 0 Å². The lowest BCUT2D eigenvalue weighted by Crippen LogP contribution is -2.20. The molecule has 2 rings (SSSR count). The number of hydrogen-bond donors (Lipinski definition) is 0. The topological polar surface area (TPSA) is 33.2 Å². The smallest absolute Gasteiger partial charge is 0.186 e. The molecule has 16 heavy (non-hydrogen) atoms. The first-order valence-electron chi connectivity index (χ1n) is 5.63. The summed E-state index contributed by atoms with van der Waals surface area (Å²) in [6.45, 7) is 6.28. The van der Waals surface area contributed by atoms with Crippen LogP contribution in [0.25, 0.3) is 0 Å². The largest absolute Gasteiger partial charge is 0.348 e. The van der Waals surface area contributed by atoms with E-state index in [-0.39, 0.29) is 5.41 Å². The van der Waals surface area contributed by atoms with Crippen LogP contribution in [0.5, 0.6) is 0 Å². The fourth-order valence-electron chi connectivity index (χ4n) is 1.71. The summed E-state index contributed by atoms with van der Waals surface area (Å²) >= 11 is 1.51. The van der Waals surface area contributed by atoms with E-state index in [1.165, 1.54) is 24.2 Å². The summed E-state index contributed by atoms with van der Waals surface area (Å²) in [4.78, 5) is 18.6. The van der Waals surface area contributed by atoms with Crippen LogP contribution >= 0.6 is 11.3 Å². The molecule has 0 radical (unpaired) electrons. The molecule has 0 atom stereocenters. The zero-order valence-electron chi connectivity index (χ0n) is 10.3. The molecule has 3 nitrogen and oxygen atoms in total. The van der Waals surface area contributed by atoms with Crippen LogP contribution < -0.4 is 4.90 Å². The number of aldehydes is 1. The second kappa shape index (κ2) is 3.84. The number of hydrogen-bond acceptors (Lipinski definition) is 4. The highest BCUT2D eigenvalue weighted by atomic mass is 32.1. The predicted octanol–water partition coefficient (Wildman–Crippen LogP) is 2.85. The Labute approximate surface area is 100 Å². The van der Waals surface area contributed by atoms with Crippen molar-refractivity contribution in [2.75, 3.05) is 11.9 Å². The predicted molar refractivity (Wildman–Crippen MR) is 67.6 cm³/mol. The second-order valence-corrected chi connectivity index (χ2v) is 6.43. The van der Waals surface area contributed by atoms with Gasteiger partial charge in [-0.25, -0.2) is 4.98 Å². The maximum atomic E-state index is 11.0. The molecule has 1 aliphatic rings. The third kappa shape index (κ3) is 2.12. The Morgan fingerprint density at radius 3 is 2.44 bits per heavy atom. The van der Waals surface area contributed by atoms with E-state index in [1.807, 2.05) is 0 Å². The average Bonchev–Trinajstić information content (AvgIpc) is 2.93. The summed E-state index contributed by atoms with van der Waals surface area (Å²) in [6.07, 6.45) is 3.43. The minimum Gasteiger partial charge on any atom is -0.348 e. The Bertz CT molecular complexity index is 402. The van der Waals surface area contributed by atoms with Crippen LogP contribution in [-0.2, 0) is 5.41 Å². The van der Waals surface area contributed by atoms with Gasteiger partial charge in [0, 0.05) is 18.5 Å². The van der Waals surface area contributed by atoms with Crippen molar-refractivity contribution >= 4 is 22.8 Å². The fourth-order valence-corrected chi connectivity index (χ4v) is 2.83. The van der Waals surface area contributed by atoms with Crippen LogP contribution in [0.15, 0.2) is 0 Å². The molecule has 0 amide bonds. The molecule has 4 heteroatoms. The van der Waals surface area contributed by atoms with Gasteiger partial charge < -0.3 is 4.90 Å². The lowest BCUT2D eigenvalue weighted by molar-refractivity contribution is 0.112. The van der Waals surface area contributed by atoms with E-state index < -0.39 is 0 Å². The van der Waals surface area contributed by atoms with Crippen LogP contribution in [-0.4, -0.2) is 24.4 Å². The molecule has 1 saturated carbocycles. The van der Waals surface area contributed by atoms with Gasteiger partial charge in [-0.05, 0) is 12.8 Å². The molecule has 1 aliphatic carbocycles. The van der Waals surface area contributed by atoms with Gasteiger partial charge in [-0.2, -0.15) is 0 Å². The average molecular weight is 238 g/mol. The Morgan fingerprint density at radius 2 is 2.06 bits per heavy atom. The van der Waals surface area contributed by atoms with Crippen molar-refractivity contribution < 1.29 is 4.79 Å². The quantitative estimate of drug-likeness (QED) is 0.759. The maximum absolute atomic E-state index is 11.0. The summed E-state index contributed by atoms with van der Waals surface area (Å²) in [7, 11) is 2.07. The van der Waals surface area contributed by atoms with E-state index in [0.29, 0.717) is 6.04 Å². The van der Waals surface area contributed by atoms with E-state index in [0.717, 1.165) is 22.0 Å². The van der Waals surface area contributed by atoms with Gasteiger partial charge in [-0.3, -0.25) is 4.79 Å². The molecule has 0 bridgehead atoms. The third-order valence-corrected chi connectivity index (χ3v) is 3.93. The Kier molecular flexibility index (Phi) is 2.78. The SMILES string of the molecule is CN(c1nc(C(C)(C)C)c(C=O)s1)C1CC1. The molecule has 0 unspecified atom stereocenters. The standard InChI is InChI=1S/C12H18N2OS/c1-12(2,3)10-9(7-15)16-11(13-10)14(4)8-5-6-8/h7-8H,5-6H2,1-4H3. The minimum atomic E-state index is -0.0601. The second-order valence-electron chi connectivity index (χ2n) is 5.42. The summed E-state index contributed by atoms with van der Waals surface area (Å²) in [5.41, 5.74) is 0.866. The van der Waals surface area contributed by atoms with E-state index in [2.05, 4.69) is 37.7 Å². The van der Waals surface area contributed by atoms with E-state index in [1.54, 1.807) is 0 Å². The molecule has 0 spiro atoms.